The van der Waals surface area contributed by atoms with Gasteiger partial charge in [0.1, 0.15) is 18.1 Å². The Kier molecular flexibility index (Phi) is 6.72. The first kappa shape index (κ1) is 19.4. The van der Waals surface area contributed by atoms with Crippen molar-refractivity contribution in [2.75, 3.05) is 13.7 Å². The minimum atomic E-state index is -1.09. The molecule has 5 nitrogen and oxygen atoms in total. The summed E-state index contributed by atoms with van der Waals surface area (Å²) < 4.78 is 18.2. The highest BCUT2D eigenvalue weighted by atomic mass is 19.1. The molecule has 0 heterocycles. The van der Waals surface area contributed by atoms with Gasteiger partial charge >= 0.3 is 5.97 Å². The Hall–Kier alpha value is -2.89. The summed E-state index contributed by atoms with van der Waals surface area (Å²) >= 11 is 0. The molecule has 1 N–H and O–H groups in total. The van der Waals surface area contributed by atoms with Crippen molar-refractivity contribution in [2.45, 2.75) is 25.8 Å². The fourth-order valence-corrected chi connectivity index (χ4v) is 2.66. The molecule has 26 heavy (non-hydrogen) atoms. The molecule has 0 bridgehead atoms. The van der Waals surface area contributed by atoms with Crippen molar-refractivity contribution in [3.8, 4) is 5.75 Å². The summed E-state index contributed by atoms with van der Waals surface area (Å²) in [6.45, 7) is 1.63. The van der Waals surface area contributed by atoms with Crippen LogP contribution in [0.5, 0.6) is 5.75 Å². The molecule has 0 fully saturated rings. The molecule has 0 aliphatic rings. The molecular formula is C20H22FNO4. The van der Waals surface area contributed by atoms with Gasteiger partial charge in [-0.1, -0.05) is 31.2 Å². The van der Waals surface area contributed by atoms with E-state index in [4.69, 9.17) is 9.84 Å². The maximum atomic E-state index is 13.0. The van der Waals surface area contributed by atoms with E-state index in [1.807, 2.05) is 31.2 Å². The van der Waals surface area contributed by atoms with E-state index in [1.165, 1.54) is 17.0 Å². The lowest BCUT2D eigenvalue weighted by molar-refractivity contribution is -0.145. The van der Waals surface area contributed by atoms with Crippen molar-refractivity contribution in [3.63, 3.8) is 0 Å². The summed E-state index contributed by atoms with van der Waals surface area (Å²) in [5.74, 6) is -1.13. The fraction of sp³-hybridized carbons (Fsp3) is 0.300. The third-order valence-corrected chi connectivity index (χ3v) is 4.11. The third kappa shape index (κ3) is 5.58. The number of benzene rings is 2. The highest BCUT2D eigenvalue weighted by molar-refractivity contribution is 5.81. The molecule has 1 amide bonds. The summed E-state index contributed by atoms with van der Waals surface area (Å²) in [4.78, 5) is 25.0. The minimum Gasteiger partial charge on any atom is -0.497 e. The molecule has 0 saturated heterocycles. The zero-order valence-corrected chi connectivity index (χ0v) is 14.8. The second-order valence-corrected chi connectivity index (χ2v) is 6.15. The number of aliphatic carboxylic acids is 1. The minimum absolute atomic E-state index is 0.0953. The van der Waals surface area contributed by atoms with Gasteiger partial charge in [-0.25, -0.2) is 4.39 Å². The highest BCUT2D eigenvalue weighted by Crippen LogP contribution is 2.24. The molecule has 0 aliphatic heterocycles. The van der Waals surface area contributed by atoms with Gasteiger partial charge in [0.15, 0.2) is 0 Å². The van der Waals surface area contributed by atoms with Crippen LogP contribution < -0.4 is 4.74 Å². The van der Waals surface area contributed by atoms with E-state index in [0.29, 0.717) is 11.3 Å². The van der Waals surface area contributed by atoms with Crippen LogP contribution in [0.1, 0.15) is 30.4 Å². The number of hydrogen-bond donors (Lipinski definition) is 1. The first-order valence-corrected chi connectivity index (χ1v) is 8.27. The predicted molar refractivity (Wildman–Crippen MR) is 95.5 cm³/mol. The lowest BCUT2D eigenvalue weighted by atomic mass is 9.97. The Balaban J connectivity index is 2.09. The molecule has 2 rings (SSSR count). The zero-order chi connectivity index (χ0) is 19.1. The fourth-order valence-electron chi connectivity index (χ4n) is 2.66. The number of ether oxygens (including phenoxy) is 1. The molecule has 2 aromatic rings. The van der Waals surface area contributed by atoms with Crippen LogP contribution in [0.15, 0.2) is 48.5 Å². The van der Waals surface area contributed by atoms with Gasteiger partial charge in [-0.05, 0) is 41.3 Å². The van der Waals surface area contributed by atoms with Crippen LogP contribution in [0.3, 0.4) is 0 Å². The van der Waals surface area contributed by atoms with Crippen LogP contribution in [0.25, 0.3) is 0 Å². The van der Waals surface area contributed by atoms with Gasteiger partial charge < -0.3 is 14.7 Å². The average molecular weight is 359 g/mol. The van der Waals surface area contributed by atoms with Crippen molar-refractivity contribution in [2.24, 2.45) is 0 Å². The molecule has 0 saturated carbocycles. The predicted octanol–water partition coefficient (Wildman–Crippen LogP) is 3.44. The van der Waals surface area contributed by atoms with Crippen LogP contribution in [0, 0.1) is 5.82 Å². The molecule has 0 radical (unpaired) electrons. The molecule has 138 valence electrons. The summed E-state index contributed by atoms with van der Waals surface area (Å²) in [5.41, 5.74) is 1.62. The van der Waals surface area contributed by atoms with Gasteiger partial charge in [0, 0.05) is 13.0 Å². The molecule has 1 atom stereocenters. The monoisotopic (exact) mass is 359 g/mol. The normalized spacial score (nSPS) is 11.7. The smallest absolute Gasteiger partial charge is 0.323 e. The first-order valence-electron chi connectivity index (χ1n) is 8.27. The van der Waals surface area contributed by atoms with Gasteiger partial charge in [-0.2, -0.15) is 0 Å². The zero-order valence-electron chi connectivity index (χ0n) is 14.8. The van der Waals surface area contributed by atoms with Gasteiger partial charge in [-0.15, -0.1) is 0 Å². The van der Waals surface area contributed by atoms with E-state index in [2.05, 4.69) is 0 Å². The van der Waals surface area contributed by atoms with Crippen molar-refractivity contribution < 1.29 is 23.8 Å². The Bertz CT molecular complexity index is 761. The number of halogens is 1. The van der Waals surface area contributed by atoms with E-state index in [-0.39, 0.29) is 30.6 Å². The van der Waals surface area contributed by atoms with Gasteiger partial charge in [0.25, 0.3) is 0 Å². The number of carboxylic acids is 1. The van der Waals surface area contributed by atoms with E-state index in [0.717, 1.165) is 5.56 Å². The van der Waals surface area contributed by atoms with Gasteiger partial charge in [0.2, 0.25) is 5.91 Å². The number of rotatable bonds is 8. The average Bonchev–Trinajstić information content (AvgIpc) is 2.62. The first-order chi connectivity index (χ1) is 12.4. The second kappa shape index (κ2) is 8.99. The molecule has 0 aromatic heterocycles. The number of methoxy groups -OCH3 is 1. The van der Waals surface area contributed by atoms with Crippen LogP contribution in [0.2, 0.25) is 0 Å². The van der Waals surface area contributed by atoms with Crippen molar-refractivity contribution in [1.82, 2.24) is 4.90 Å². The number of carbonyl (C=O) groups is 2. The molecule has 2 aromatic carbocycles. The van der Waals surface area contributed by atoms with Crippen LogP contribution in [-0.2, 0) is 16.1 Å². The molecule has 0 spiro atoms. The summed E-state index contributed by atoms with van der Waals surface area (Å²) in [7, 11) is 1.58. The second-order valence-electron chi connectivity index (χ2n) is 6.15. The van der Waals surface area contributed by atoms with Gasteiger partial charge in [-0.3, -0.25) is 9.59 Å². The number of carbonyl (C=O) groups excluding carboxylic acids is 1. The van der Waals surface area contributed by atoms with Gasteiger partial charge in [0.05, 0.1) is 7.11 Å². The molecule has 1 unspecified atom stereocenters. The topological polar surface area (TPSA) is 66.8 Å². The lowest BCUT2D eigenvalue weighted by Gasteiger charge is -2.23. The highest BCUT2D eigenvalue weighted by Gasteiger charge is 2.20. The standard InChI is InChI=1S/C20H22FNO4/c1-14(16-4-3-5-18(11-16)26-2)10-19(23)22(13-20(24)25)12-15-6-8-17(21)9-7-15/h3-9,11,14H,10,12-13H2,1-2H3,(H,24,25). The maximum absolute atomic E-state index is 13.0. The van der Waals surface area contributed by atoms with E-state index < -0.39 is 12.5 Å². The maximum Gasteiger partial charge on any atom is 0.323 e. The molecule has 0 aliphatic carbocycles. The largest absolute Gasteiger partial charge is 0.497 e. The van der Waals surface area contributed by atoms with Crippen LogP contribution in [0.4, 0.5) is 4.39 Å². The molecular weight excluding hydrogens is 337 g/mol. The number of carboxylic acid groups (broad SMARTS) is 1. The number of nitrogens with zero attached hydrogens (tertiary/aromatic N) is 1. The SMILES string of the molecule is COc1cccc(C(C)CC(=O)N(CC(=O)O)Cc2ccc(F)cc2)c1. The van der Waals surface area contributed by atoms with Crippen LogP contribution >= 0.6 is 0 Å². The Morgan fingerprint density at radius 2 is 1.88 bits per heavy atom. The van der Waals surface area contributed by atoms with Crippen molar-refractivity contribution in [3.05, 3.63) is 65.5 Å². The summed E-state index contributed by atoms with van der Waals surface area (Å²) in [6, 6.07) is 13.1. The lowest BCUT2D eigenvalue weighted by Crippen LogP contribution is -2.35. The van der Waals surface area contributed by atoms with Crippen molar-refractivity contribution >= 4 is 11.9 Å². The van der Waals surface area contributed by atoms with Crippen LogP contribution in [-0.4, -0.2) is 35.5 Å². The van der Waals surface area contributed by atoms with E-state index in [9.17, 15) is 14.0 Å². The third-order valence-electron chi connectivity index (χ3n) is 4.11. The Morgan fingerprint density at radius 3 is 2.50 bits per heavy atom. The number of hydrogen-bond acceptors (Lipinski definition) is 3. The van der Waals surface area contributed by atoms with Crippen molar-refractivity contribution in [1.29, 1.82) is 0 Å². The quantitative estimate of drug-likeness (QED) is 0.784. The van der Waals surface area contributed by atoms with E-state index >= 15 is 0 Å². The van der Waals surface area contributed by atoms with E-state index in [1.54, 1.807) is 19.2 Å². The number of amides is 1. The summed E-state index contributed by atoms with van der Waals surface area (Å²) in [6.07, 6.45) is 0.168. The Labute approximate surface area is 152 Å². The molecule has 6 heteroatoms. The summed E-state index contributed by atoms with van der Waals surface area (Å²) in [5, 5.41) is 9.10. The Morgan fingerprint density at radius 1 is 1.19 bits per heavy atom.